The summed E-state index contributed by atoms with van der Waals surface area (Å²) in [5.74, 6) is 0. The molecule has 0 spiro atoms. The van der Waals surface area contributed by atoms with Crippen molar-refractivity contribution in [2.24, 2.45) is 0 Å². The van der Waals surface area contributed by atoms with Crippen molar-refractivity contribution >= 4 is 43.1 Å². The Balaban J connectivity index is 0.000000139. The zero-order valence-corrected chi connectivity index (χ0v) is 35.4. The molecular weight excluding hydrogens is 649 g/mol. The summed E-state index contributed by atoms with van der Waals surface area (Å²) in [7, 11) is 0. The fourth-order valence-corrected chi connectivity index (χ4v) is 7.79. The van der Waals surface area contributed by atoms with Gasteiger partial charge in [0.05, 0.1) is 0 Å². The highest BCUT2D eigenvalue weighted by Crippen LogP contribution is 2.28. The van der Waals surface area contributed by atoms with Crippen LogP contribution in [0, 0.1) is 96.9 Å². The Kier molecular flexibility index (Phi) is 12.5. The van der Waals surface area contributed by atoms with Gasteiger partial charge < -0.3 is 0 Å². The Morgan fingerprint density at radius 3 is 0.889 bits per heavy atom. The molecule has 0 radical (unpaired) electrons. The third kappa shape index (κ3) is 8.77. The van der Waals surface area contributed by atoms with Gasteiger partial charge in [0.1, 0.15) is 0 Å². The Morgan fingerprint density at radius 1 is 0.204 bits per heavy atom. The van der Waals surface area contributed by atoms with Gasteiger partial charge in [-0.1, -0.05) is 126 Å². The summed E-state index contributed by atoms with van der Waals surface area (Å²) in [4.78, 5) is 0. The normalized spacial score (nSPS) is 10.8. The van der Waals surface area contributed by atoms with Crippen LogP contribution in [-0.4, -0.2) is 0 Å². The van der Waals surface area contributed by atoms with Crippen molar-refractivity contribution in [3.8, 4) is 0 Å². The topological polar surface area (TPSA) is 0 Å². The van der Waals surface area contributed by atoms with E-state index in [4.69, 9.17) is 0 Å². The minimum atomic E-state index is 1.35. The van der Waals surface area contributed by atoms with Crippen LogP contribution >= 0.6 is 0 Å². The number of aryl methyl sites for hydroxylation is 14. The van der Waals surface area contributed by atoms with E-state index in [9.17, 15) is 0 Å². The van der Waals surface area contributed by atoms with Gasteiger partial charge in [0, 0.05) is 0 Å². The summed E-state index contributed by atoms with van der Waals surface area (Å²) in [6, 6.07) is 39.8. The molecule has 0 atom stereocenters. The van der Waals surface area contributed by atoms with Gasteiger partial charge in [0.25, 0.3) is 0 Å². The molecular formula is C54H60. The molecule has 8 rings (SSSR count). The van der Waals surface area contributed by atoms with Crippen LogP contribution in [-0.2, 0) is 0 Å². The lowest BCUT2D eigenvalue weighted by Gasteiger charge is -2.09. The highest BCUT2D eigenvalue weighted by molar-refractivity contribution is 5.92. The molecule has 276 valence electrons. The molecule has 0 bridgehead atoms. The highest BCUT2D eigenvalue weighted by atomic mass is 14.1. The minimum Gasteiger partial charge on any atom is -0.0614 e. The predicted octanol–water partition coefficient (Wildman–Crippen LogP) is 15.7. The van der Waals surface area contributed by atoms with E-state index in [1.165, 1.54) is 121 Å². The molecule has 8 aromatic rings. The first-order valence-corrected chi connectivity index (χ1v) is 19.4. The van der Waals surface area contributed by atoms with E-state index in [2.05, 4.69) is 206 Å². The molecule has 0 saturated carbocycles. The molecule has 0 nitrogen and oxygen atoms in total. The van der Waals surface area contributed by atoms with Crippen LogP contribution in [0.3, 0.4) is 0 Å². The van der Waals surface area contributed by atoms with E-state index in [-0.39, 0.29) is 0 Å². The SMILES string of the molecule is Cc1cc(C)c2cc(C)cc(C)c2c1.Cc1cc(C)c2cccc(C)c2c1.Cc1ccc2c(C)c(C)ccc2c1C.Cc1ccc2c(C)cccc2c1C. The molecule has 0 amide bonds. The van der Waals surface area contributed by atoms with Crippen LogP contribution in [0.1, 0.15) is 77.9 Å². The molecule has 0 aromatic heterocycles. The number of hydrogen-bond donors (Lipinski definition) is 0. The van der Waals surface area contributed by atoms with Crippen molar-refractivity contribution in [2.45, 2.75) is 96.9 Å². The minimum absolute atomic E-state index is 1.35. The number of hydrogen-bond acceptors (Lipinski definition) is 0. The molecule has 0 unspecified atom stereocenters. The van der Waals surface area contributed by atoms with Gasteiger partial charge >= 0.3 is 0 Å². The molecule has 54 heavy (non-hydrogen) atoms. The average molecular weight is 709 g/mol. The summed E-state index contributed by atoms with van der Waals surface area (Å²) in [5.41, 5.74) is 19.3. The highest BCUT2D eigenvalue weighted by Gasteiger charge is 2.05. The summed E-state index contributed by atoms with van der Waals surface area (Å²) in [6.45, 7) is 30.5. The molecule has 0 saturated heterocycles. The van der Waals surface area contributed by atoms with Crippen LogP contribution in [0.2, 0.25) is 0 Å². The van der Waals surface area contributed by atoms with Gasteiger partial charge in [-0.3, -0.25) is 0 Å². The van der Waals surface area contributed by atoms with E-state index in [1.54, 1.807) is 0 Å². The average Bonchev–Trinajstić information content (AvgIpc) is 3.12. The molecule has 0 aliphatic heterocycles. The Bertz CT molecular complexity index is 2530. The van der Waals surface area contributed by atoms with Crippen molar-refractivity contribution in [1.29, 1.82) is 0 Å². The number of benzene rings is 8. The Labute approximate surface area is 325 Å². The standard InChI is InChI=1S/2C14H16.2C13H14/c1-9-5-11(3)14-8-10(2)6-12(4)13(14)7-9;1-9-5-7-14-12(4)10(2)6-8-13(14)11(9)3;1-9-7-11(3)12-6-4-5-10(2)13(12)8-9;1-9-7-8-12-10(2)5-4-6-13(12)11(9)3/h2*5-8H,1-4H3;2*4-8H,1-3H3. The largest absolute Gasteiger partial charge is 0.0614 e. The maximum atomic E-state index is 2.27. The first-order chi connectivity index (χ1) is 25.6. The molecule has 8 aromatic carbocycles. The van der Waals surface area contributed by atoms with Crippen molar-refractivity contribution in [1.82, 2.24) is 0 Å². The molecule has 0 fully saturated rings. The summed E-state index contributed by atoms with van der Waals surface area (Å²) >= 11 is 0. The Morgan fingerprint density at radius 2 is 0.481 bits per heavy atom. The number of rotatable bonds is 0. The van der Waals surface area contributed by atoms with Gasteiger partial charge in [-0.25, -0.2) is 0 Å². The molecule has 0 N–H and O–H groups in total. The van der Waals surface area contributed by atoms with Crippen LogP contribution in [0.25, 0.3) is 43.1 Å². The quantitative estimate of drug-likeness (QED) is 0.147. The van der Waals surface area contributed by atoms with Gasteiger partial charge in [-0.2, -0.15) is 0 Å². The van der Waals surface area contributed by atoms with Crippen molar-refractivity contribution in [3.63, 3.8) is 0 Å². The third-order valence-corrected chi connectivity index (χ3v) is 11.4. The predicted molar refractivity (Wildman–Crippen MR) is 242 cm³/mol. The fourth-order valence-electron chi connectivity index (χ4n) is 7.79. The van der Waals surface area contributed by atoms with Crippen molar-refractivity contribution in [2.75, 3.05) is 0 Å². The molecule has 0 heteroatoms. The third-order valence-electron chi connectivity index (χ3n) is 11.4. The first kappa shape index (κ1) is 40.0. The second-order valence-electron chi connectivity index (χ2n) is 15.8. The lowest BCUT2D eigenvalue weighted by molar-refractivity contribution is 1.34. The Hall–Kier alpha value is -5.20. The van der Waals surface area contributed by atoms with E-state index < -0.39 is 0 Å². The lowest BCUT2D eigenvalue weighted by atomic mass is 9.95. The van der Waals surface area contributed by atoms with E-state index >= 15 is 0 Å². The van der Waals surface area contributed by atoms with Crippen LogP contribution in [0.15, 0.2) is 109 Å². The fraction of sp³-hybridized carbons (Fsp3) is 0.259. The summed E-state index contributed by atoms with van der Waals surface area (Å²) < 4.78 is 0. The van der Waals surface area contributed by atoms with Crippen molar-refractivity contribution in [3.05, 3.63) is 187 Å². The second kappa shape index (κ2) is 16.9. The van der Waals surface area contributed by atoms with E-state index in [0.717, 1.165) is 0 Å². The zero-order chi connectivity index (χ0) is 39.4. The van der Waals surface area contributed by atoms with Gasteiger partial charge in [0.2, 0.25) is 0 Å². The van der Waals surface area contributed by atoms with Gasteiger partial charge in [0.15, 0.2) is 0 Å². The van der Waals surface area contributed by atoms with Gasteiger partial charge in [-0.05, 0) is 201 Å². The zero-order valence-electron chi connectivity index (χ0n) is 35.4. The lowest BCUT2D eigenvalue weighted by Crippen LogP contribution is -1.88. The van der Waals surface area contributed by atoms with E-state index in [0.29, 0.717) is 0 Å². The second-order valence-corrected chi connectivity index (χ2v) is 15.8. The number of fused-ring (bicyclic) bond motifs is 4. The van der Waals surface area contributed by atoms with Crippen LogP contribution in [0.4, 0.5) is 0 Å². The molecule has 0 aliphatic rings. The summed E-state index contributed by atoms with van der Waals surface area (Å²) in [5, 5.41) is 11.1. The summed E-state index contributed by atoms with van der Waals surface area (Å²) in [6.07, 6.45) is 0. The molecule has 0 heterocycles. The first-order valence-electron chi connectivity index (χ1n) is 19.4. The molecule has 0 aliphatic carbocycles. The van der Waals surface area contributed by atoms with E-state index in [1.807, 2.05) is 0 Å². The smallest absolute Gasteiger partial charge is 0.0149 e. The maximum absolute atomic E-state index is 2.27. The maximum Gasteiger partial charge on any atom is -0.0149 e. The van der Waals surface area contributed by atoms with Crippen LogP contribution < -0.4 is 0 Å². The van der Waals surface area contributed by atoms with Crippen LogP contribution in [0.5, 0.6) is 0 Å². The van der Waals surface area contributed by atoms with Crippen molar-refractivity contribution < 1.29 is 0 Å². The monoisotopic (exact) mass is 708 g/mol. The van der Waals surface area contributed by atoms with Gasteiger partial charge in [-0.15, -0.1) is 0 Å².